The van der Waals surface area contributed by atoms with E-state index in [1.807, 2.05) is 4.72 Å². The molecule has 2 heterocycles. The normalized spacial score (nSPS) is 14.6. The number of aromatic nitrogens is 1. The van der Waals surface area contributed by atoms with Crippen LogP contribution in [-0.2, 0) is 19.6 Å². The Morgan fingerprint density at radius 1 is 1.00 bits per heavy atom. The molecule has 0 bridgehead atoms. The predicted molar refractivity (Wildman–Crippen MR) is 139 cm³/mol. The highest BCUT2D eigenvalue weighted by Crippen LogP contribution is 2.22. The van der Waals surface area contributed by atoms with Gasteiger partial charge in [0.05, 0.1) is 10.9 Å². The highest BCUT2D eigenvalue weighted by Gasteiger charge is 2.27. The van der Waals surface area contributed by atoms with E-state index in [0.29, 0.717) is 24.1 Å². The van der Waals surface area contributed by atoms with E-state index >= 15 is 0 Å². The summed E-state index contributed by atoms with van der Waals surface area (Å²) in [5.41, 5.74) is 1.60. The lowest BCUT2D eigenvalue weighted by molar-refractivity contribution is -0.121. The summed E-state index contributed by atoms with van der Waals surface area (Å²) in [6, 6.07) is 17.7. The largest absolute Gasteiger partial charge is 0.351 e. The molecule has 0 spiro atoms. The van der Waals surface area contributed by atoms with Gasteiger partial charge in [-0.25, -0.2) is 9.71 Å². The number of hydrogen-bond donors (Lipinski definition) is 2. The number of benzene rings is 2. The first-order valence-corrected chi connectivity index (χ1v) is 13.5. The van der Waals surface area contributed by atoms with Gasteiger partial charge in [-0.3, -0.25) is 14.4 Å². The van der Waals surface area contributed by atoms with E-state index in [1.54, 1.807) is 59.5 Å². The molecule has 9 nitrogen and oxygen atoms in total. The molecule has 3 amide bonds. The van der Waals surface area contributed by atoms with Gasteiger partial charge in [0.1, 0.15) is 0 Å². The molecule has 1 aromatic heterocycles. The topological polar surface area (TPSA) is 126 Å². The van der Waals surface area contributed by atoms with Crippen molar-refractivity contribution < 1.29 is 22.8 Å². The van der Waals surface area contributed by atoms with Gasteiger partial charge >= 0.3 is 0 Å². The minimum atomic E-state index is -4.25. The molecule has 192 valence electrons. The fourth-order valence-electron chi connectivity index (χ4n) is 3.99. The van der Waals surface area contributed by atoms with Gasteiger partial charge in [0.2, 0.25) is 11.8 Å². The number of amides is 3. The Hall–Kier alpha value is -3.76. The minimum absolute atomic E-state index is 0.0592. The zero-order valence-electron chi connectivity index (χ0n) is 19.8. The van der Waals surface area contributed by atoms with Crippen LogP contribution in [0, 0.1) is 0 Å². The molecule has 1 fully saturated rings. The molecular weight excluding hydrogens is 516 g/mol. The lowest BCUT2D eigenvalue weighted by atomic mass is 9.98. The lowest BCUT2D eigenvalue weighted by Gasteiger charge is -2.26. The van der Waals surface area contributed by atoms with Crippen molar-refractivity contribution in [2.45, 2.75) is 30.2 Å². The van der Waals surface area contributed by atoms with E-state index in [4.69, 9.17) is 11.6 Å². The van der Waals surface area contributed by atoms with Crippen molar-refractivity contribution in [1.82, 2.24) is 15.0 Å². The molecular formula is C26H25ClN4O5S. The quantitative estimate of drug-likeness (QED) is 0.451. The minimum Gasteiger partial charge on any atom is -0.351 e. The van der Waals surface area contributed by atoms with Crippen LogP contribution in [-0.4, -0.2) is 44.2 Å². The van der Waals surface area contributed by atoms with Gasteiger partial charge in [-0.05, 0) is 54.8 Å². The molecule has 2 N–H and O–H groups in total. The smallest absolute Gasteiger partial charge is 0.281 e. The van der Waals surface area contributed by atoms with Crippen LogP contribution in [0.4, 0.5) is 5.69 Å². The van der Waals surface area contributed by atoms with E-state index in [1.165, 1.54) is 18.3 Å². The molecule has 1 saturated heterocycles. The van der Waals surface area contributed by atoms with Gasteiger partial charge < -0.3 is 10.2 Å². The summed E-state index contributed by atoms with van der Waals surface area (Å²) in [7, 11) is -4.25. The first-order chi connectivity index (χ1) is 17.7. The summed E-state index contributed by atoms with van der Waals surface area (Å²) in [5, 5.41) is 2.61. The Morgan fingerprint density at radius 2 is 1.73 bits per heavy atom. The van der Waals surface area contributed by atoms with Gasteiger partial charge in [0.25, 0.3) is 15.9 Å². The first-order valence-electron chi connectivity index (χ1n) is 11.7. The van der Waals surface area contributed by atoms with Crippen molar-refractivity contribution >= 4 is 45.0 Å². The van der Waals surface area contributed by atoms with Crippen LogP contribution in [0.3, 0.4) is 0 Å². The van der Waals surface area contributed by atoms with Gasteiger partial charge in [-0.15, -0.1) is 0 Å². The van der Waals surface area contributed by atoms with Crippen LogP contribution >= 0.6 is 11.6 Å². The summed E-state index contributed by atoms with van der Waals surface area (Å²) >= 11 is 5.77. The second-order valence-electron chi connectivity index (χ2n) is 8.51. The third-order valence-corrected chi connectivity index (χ3v) is 7.45. The molecule has 11 heteroatoms. The van der Waals surface area contributed by atoms with E-state index in [-0.39, 0.29) is 22.5 Å². The Bertz CT molecular complexity index is 1380. The van der Waals surface area contributed by atoms with Gasteiger partial charge in [-0.1, -0.05) is 41.9 Å². The summed E-state index contributed by atoms with van der Waals surface area (Å²) < 4.78 is 27.4. The number of pyridine rings is 1. The number of rotatable bonds is 8. The summed E-state index contributed by atoms with van der Waals surface area (Å²) in [4.78, 5) is 43.5. The molecule has 2 aromatic carbocycles. The third-order valence-electron chi connectivity index (χ3n) is 5.96. The second-order valence-corrected chi connectivity index (χ2v) is 10.6. The van der Waals surface area contributed by atoms with E-state index in [9.17, 15) is 22.8 Å². The van der Waals surface area contributed by atoms with Gasteiger partial charge in [0.15, 0.2) is 5.03 Å². The number of sulfonamides is 1. The maximum absolute atomic E-state index is 13.1. The van der Waals surface area contributed by atoms with Crippen molar-refractivity contribution in [2.75, 3.05) is 18.0 Å². The molecule has 1 atom stereocenters. The van der Waals surface area contributed by atoms with Crippen molar-refractivity contribution in [1.29, 1.82) is 0 Å². The molecule has 0 radical (unpaired) electrons. The monoisotopic (exact) mass is 540 g/mol. The average molecular weight is 541 g/mol. The van der Waals surface area contributed by atoms with Crippen LogP contribution in [0.25, 0.3) is 0 Å². The molecule has 0 saturated carbocycles. The number of halogens is 1. The zero-order chi connectivity index (χ0) is 26.4. The standard InChI is InChI=1S/C26H25ClN4O5S/c27-20-11-14-23(28-16-20)37(35,36)30-26(34)22(18-6-2-1-3-7-18)17-29-25(33)19-9-12-21(13-10-19)31-15-5-4-8-24(31)32/h1-3,6-7,9-14,16,22H,4-5,8,15,17H2,(H,29,33)(H,30,34). The van der Waals surface area contributed by atoms with Crippen molar-refractivity contribution in [2.24, 2.45) is 0 Å². The fourth-order valence-corrected chi connectivity index (χ4v) is 5.05. The predicted octanol–water partition coefficient (Wildman–Crippen LogP) is 3.27. The molecule has 4 rings (SSSR count). The maximum Gasteiger partial charge on any atom is 0.281 e. The van der Waals surface area contributed by atoms with Crippen LogP contribution < -0.4 is 14.9 Å². The fraction of sp³-hybridized carbons (Fsp3) is 0.231. The summed E-state index contributed by atoms with van der Waals surface area (Å²) in [6.07, 6.45) is 3.49. The third kappa shape index (κ3) is 6.52. The number of piperidine rings is 1. The van der Waals surface area contributed by atoms with Crippen LogP contribution in [0.15, 0.2) is 78.0 Å². The highest BCUT2D eigenvalue weighted by atomic mass is 35.5. The second kappa shape index (κ2) is 11.5. The first kappa shape index (κ1) is 26.3. The average Bonchev–Trinajstić information content (AvgIpc) is 2.90. The number of hydrogen-bond acceptors (Lipinski definition) is 6. The van der Waals surface area contributed by atoms with E-state index < -0.39 is 27.8 Å². The zero-order valence-corrected chi connectivity index (χ0v) is 21.3. The molecule has 3 aromatic rings. The summed E-state index contributed by atoms with van der Waals surface area (Å²) in [6.45, 7) is 0.497. The number of carbonyl (C=O) groups excluding carboxylic acids is 3. The summed E-state index contributed by atoms with van der Waals surface area (Å²) in [5.74, 6) is -2.18. The van der Waals surface area contributed by atoms with E-state index in [2.05, 4.69) is 10.3 Å². The molecule has 37 heavy (non-hydrogen) atoms. The highest BCUT2D eigenvalue weighted by molar-refractivity contribution is 7.90. The number of anilines is 1. The van der Waals surface area contributed by atoms with Crippen molar-refractivity contribution in [3.63, 3.8) is 0 Å². The Morgan fingerprint density at radius 3 is 2.38 bits per heavy atom. The van der Waals surface area contributed by atoms with Crippen molar-refractivity contribution in [3.05, 3.63) is 89.1 Å². The number of nitrogens with one attached hydrogen (secondary N) is 2. The van der Waals surface area contributed by atoms with Crippen LogP contribution in [0.1, 0.15) is 41.1 Å². The molecule has 1 aliphatic heterocycles. The Balaban J connectivity index is 1.46. The van der Waals surface area contributed by atoms with Crippen LogP contribution in [0.2, 0.25) is 5.02 Å². The molecule has 0 aliphatic carbocycles. The lowest BCUT2D eigenvalue weighted by Crippen LogP contribution is -2.40. The van der Waals surface area contributed by atoms with Gasteiger partial charge in [0, 0.05) is 37.0 Å². The SMILES string of the molecule is O=C(NCC(C(=O)NS(=O)(=O)c1ccc(Cl)cn1)c1ccccc1)c1ccc(N2CCCCC2=O)cc1. The molecule has 1 aliphatic rings. The van der Waals surface area contributed by atoms with Crippen LogP contribution in [0.5, 0.6) is 0 Å². The maximum atomic E-state index is 13.1. The Labute approximate surface area is 219 Å². The van der Waals surface area contributed by atoms with Crippen molar-refractivity contribution in [3.8, 4) is 0 Å². The van der Waals surface area contributed by atoms with E-state index in [0.717, 1.165) is 18.5 Å². The number of nitrogens with zero attached hydrogens (tertiary/aromatic N) is 2. The Kier molecular flexibility index (Phi) is 8.20. The molecule has 1 unspecified atom stereocenters. The van der Waals surface area contributed by atoms with Gasteiger partial charge in [-0.2, -0.15) is 8.42 Å². The number of carbonyl (C=O) groups is 3.